The van der Waals surface area contributed by atoms with E-state index in [9.17, 15) is 4.39 Å². The Morgan fingerprint density at radius 1 is 1.11 bits per heavy atom. The highest BCUT2D eigenvalue weighted by molar-refractivity contribution is 7.99. The summed E-state index contributed by atoms with van der Waals surface area (Å²) in [4.78, 5) is 1.26. The van der Waals surface area contributed by atoms with E-state index in [2.05, 4.69) is 29.6 Å². The van der Waals surface area contributed by atoms with Crippen molar-refractivity contribution in [3.05, 3.63) is 59.9 Å². The Kier molecular flexibility index (Phi) is 4.98. The Bertz CT molecular complexity index is 535. The van der Waals surface area contributed by atoms with E-state index in [1.807, 2.05) is 23.9 Å². The lowest BCUT2D eigenvalue weighted by molar-refractivity contribution is 0.628. The van der Waals surface area contributed by atoms with Gasteiger partial charge in [-0.2, -0.15) is 5.10 Å². The number of hydrogen-bond donors (Lipinski definition) is 1. The maximum absolute atomic E-state index is 12.7. The molecule has 2 aromatic rings. The van der Waals surface area contributed by atoms with Crippen LogP contribution in [-0.2, 0) is 0 Å². The molecular weight excluding hydrogens is 259 g/mol. The van der Waals surface area contributed by atoms with Crippen LogP contribution < -0.4 is 5.43 Å². The molecule has 0 spiro atoms. The first-order valence-corrected chi connectivity index (χ1v) is 7.04. The fourth-order valence-corrected chi connectivity index (χ4v) is 2.18. The van der Waals surface area contributed by atoms with Crippen LogP contribution in [0.1, 0.15) is 12.5 Å². The topological polar surface area (TPSA) is 24.4 Å². The third kappa shape index (κ3) is 4.41. The van der Waals surface area contributed by atoms with Gasteiger partial charge in [-0.05, 0) is 47.7 Å². The van der Waals surface area contributed by atoms with Crippen molar-refractivity contribution >= 4 is 23.7 Å². The summed E-state index contributed by atoms with van der Waals surface area (Å²) >= 11 is 1.81. The van der Waals surface area contributed by atoms with Crippen molar-refractivity contribution in [1.29, 1.82) is 0 Å². The molecule has 2 rings (SSSR count). The predicted octanol–water partition coefficient (Wildman–Crippen LogP) is 4.38. The Labute approximate surface area is 116 Å². The molecule has 0 unspecified atom stereocenters. The Balaban J connectivity index is 1.93. The maximum Gasteiger partial charge on any atom is 0.123 e. The van der Waals surface area contributed by atoms with Gasteiger partial charge < -0.3 is 0 Å². The Morgan fingerprint density at radius 2 is 1.79 bits per heavy atom. The first-order valence-electron chi connectivity index (χ1n) is 6.05. The average molecular weight is 274 g/mol. The molecule has 0 radical (unpaired) electrons. The van der Waals surface area contributed by atoms with Crippen molar-refractivity contribution in [2.24, 2.45) is 5.10 Å². The lowest BCUT2D eigenvalue weighted by Gasteiger charge is -2.00. The monoisotopic (exact) mass is 274 g/mol. The Hall–Kier alpha value is -1.81. The molecule has 2 aromatic carbocycles. The first kappa shape index (κ1) is 13.6. The van der Waals surface area contributed by atoms with Gasteiger partial charge in [0.2, 0.25) is 0 Å². The van der Waals surface area contributed by atoms with Gasteiger partial charge >= 0.3 is 0 Å². The van der Waals surface area contributed by atoms with E-state index in [1.54, 1.807) is 18.3 Å². The summed E-state index contributed by atoms with van der Waals surface area (Å²) in [5.74, 6) is 0.818. The second kappa shape index (κ2) is 6.95. The van der Waals surface area contributed by atoms with Crippen LogP contribution in [0.3, 0.4) is 0 Å². The Morgan fingerprint density at radius 3 is 2.42 bits per heavy atom. The van der Waals surface area contributed by atoms with Crippen LogP contribution in [0.25, 0.3) is 0 Å². The summed E-state index contributed by atoms with van der Waals surface area (Å²) < 4.78 is 12.7. The van der Waals surface area contributed by atoms with E-state index >= 15 is 0 Å². The van der Waals surface area contributed by atoms with Crippen LogP contribution in [0.15, 0.2) is 58.5 Å². The summed E-state index contributed by atoms with van der Waals surface area (Å²) in [6.07, 6.45) is 1.74. The maximum atomic E-state index is 12.7. The van der Waals surface area contributed by atoms with E-state index in [0.29, 0.717) is 0 Å². The molecular formula is C15H15FN2S. The molecule has 0 bridgehead atoms. The van der Waals surface area contributed by atoms with Gasteiger partial charge in [-0.3, -0.25) is 5.43 Å². The van der Waals surface area contributed by atoms with Crippen LogP contribution in [0.5, 0.6) is 0 Å². The summed E-state index contributed by atoms with van der Waals surface area (Å²) in [6.45, 7) is 2.13. The fraction of sp³-hybridized carbons (Fsp3) is 0.133. The lowest BCUT2D eigenvalue weighted by atomic mass is 10.2. The molecule has 4 heteroatoms. The van der Waals surface area contributed by atoms with Crippen LogP contribution in [0.2, 0.25) is 0 Å². The van der Waals surface area contributed by atoms with Crippen molar-refractivity contribution in [3.63, 3.8) is 0 Å². The quantitative estimate of drug-likeness (QED) is 0.497. The molecule has 0 fully saturated rings. The van der Waals surface area contributed by atoms with Gasteiger partial charge in [0.1, 0.15) is 5.82 Å². The molecule has 1 N–H and O–H groups in total. The number of nitrogens with zero attached hydrogens (tertiary/aromatic N) is 1. The van der Waals surface area contributed by atoms with Gasteiger partial charge in [-0.15, -0.1) is 11.8 Å². The summed E-state index contributed by atoms with van der Waals surface area (Å²) in [7, 11) is 0. The zero-order valence-electron chi connectivity index (χ0n) is 10.6. The second-order valence-corrected chi connectivity index (χ2v) is 5.22. The summed E-state index contributed by atoms with van der Waals surface area (Å²) in [5, 5.41) is 4.11. The van der Waals surface area contributed by atoms with E-state index in [4.69, 9.17) is 0 Å². The van der Waals surface area contributed by atoms with Gasteiger partial charge in [0.25, 0.3) is 0 Å². The number of halogens is 1. The number of hydrazone groups is 1. The van der Waals surface area contributed by atoms with Crippen LogP contribution >= 0.6 is 11.8 Å². The minimum absolute atomic E-state index is 0.251. The molecule has 98 valence electrons. The lowest BCUT2D eigenvalue weighted by Crippen LogP contribution is -1.90. The highest BCUT2D eigenvalue weighted by Crippen LogP contribution is 2.17. The van der Waals surface area contributed by atoms with Crippen molar-refractivity contribution in [2.45, 2.75) is 11.8 Å². The van der Waals surface area contributed by atoms with Crippen molar-refractivity contribution in [1.82, 2.24) is 0 Å². The highest BCUT2D eigenvalue weighted by atomic mass is 32.2. The molecule has 19 heavy (non-hydrogen) atoms. The van der Waals surface area contributed by atoms with Crippen LogP contribution in [0.4, 0.5) is 10.1 Å². The third-order valence-electron chi connectivity index (χ3n) is 2.44. The minimum Gasteiger partial charge on any atom is -0.279 e. The molecule has 0 atom stereocenters. The van der Waals surface area contributed by atoms with Gasteiger partial charge in [-0.25, -0.2) is 4.39 Å². The smallest absolute Gasteiger partial charge is 0.123 e. The van der Waals surface area contributed by atoms with E-state index in [1.165, 1.54) is 17.0 Å². The van der Waals surface area contributed by atoms with Crippen molar-refractivity contribution in [2.75, 3.05) is 11.2 Å². The third-order valence-corrected chi connectivity index (χ3v) is 3.34. The number of anilines is 1. The number of rotatable bonds is 5. The standard InChI is InChI=1S/C15H15FN2S/c1-2-19-15-9-3-12(4-10-15)11-17-18-14-7-5-13(16)6-8-14/h3-11,18H,2H2,1H3. The molecule has 2 nitrogen and oxygen atoms in total. The SMILES string of the molecule is CCSc1ccc(C=NNc2ccc(F)cc2)cc1. The highest BCUT2D eigenvalue weighted by Gasteiger charge is 1.93. The number of benzene rings is 2. The van der Waals surface area contributed by atoms with E-state index in [0.717, 1.165) is 17.0 Å². The second-order valence-electron chi connectivity index (χ2n) is 3.88. The minimum atomic E-state index is -0.251. The van der Waals surface area contributed by atoms with Gasteiger partial charge in [-0.1, -0.05) is 19.1 Å². The van der Waals surface area contributed by atoms with Crippen LogP contribution in [0, 0.1) is 5.82 Å². The van der Waals surface area contributed by atoms with E-state index < -0.39 is 0 Å². The van der Waals surface area contributed by atoms with Crippen molar-refractivity contribution < 1.29 is 4.39 Å². The molecule has 0 aromatic heterocycles. The van der Waals surface area contributed by atoms with Crippen molar-refractivity contribution in [3.8, 4) is 0 Å². The zero-order chi connectivity index (χ0) is 13.5. The van der Waals surface area contributed by atoms with E-state index in [-0.39, 0.29) is 5.82 Å². The number of hydrogen-bond acceptors (Lipinski definition) is 3. The zero-order valence-corrected chi connectivity index (χ0v) is 11.5. The number of nitrogens with one attached hydrogen (secondary N) is 1. The first-order chi connectivity index (χ1) is 9.28. The summed E-state index contributed by atoms with van der Waals surface area (Å²) in [5.41, 5.74) is 4.64. The molecule has 0 amide bonds. The fourth-order valence-electron chi connectivity index (χ4n) is 1.52. The molecule has 0 aliphatic rings. The van der Waals surface area contributed by atoms with Gasteiger partial charge in [0.15, 0.2) is 0 Å². The molecule has 0 heterocycles. The average Bonchev–Trinajstić information content (AvgIpc) is 2.43. The van der Waals surface area contributed by atoms with Gasteiger partial charge in [0, 0.05) is 4.90 Å². The molecule has 0 aliphatic heterocycles. The molecule has 0 aliphatic carbocycles. The molecule has 0 saturated carbocycles. The predicted molar refractivity (Wildman–Crippen MR) is 80.5 cm³/mol. The van der Waals surface area contributed by atoms with Crippen LogP contribution in [-0.4, -0.2) is 12.0 Å². The normalized spacial score (nSPS) is 10.8. The number of thioether (sulfide) groups is 1. The summed E-state index contributed by atoms with van der Waals surface area (Å²) in [6, 6.07) is 14.3. The molecule has 0 saturated heterocycles. The van der Waals surface area contributed by atoms with Gasteiger partial charge in [0.05, 0.1) is 11.9 Å². The largest absolute Gasteiger partial charge is 0.279 e.